The van der Waals surface area contributed by atoms with Crippen LogP contribution in [0.3, 0.4) is 0 Å². The Morgan fingerprint density at radius 1 is 1.17 bits per heavy atom. The van der Waals surface area contributed by atoms with Gasteiger partial charge in [-0.25, -0.2) is 24.1 Å². The smallest absolute Gasteiger partial charge is 0.325 e. The molecule has 30 heavy (non-hydrogen) atoms. The van der Waals surface area contributed by atoms with E-state index in [2.05, 4.69) is 30.9 Å². The number of aromatic nitrogens is 3. The fourth-order valence-electron chi connectivity index (χ4n) is 2.91. The van der Waals surface area contributed by atoms with Crippen LogP contribution in [-0.4, -0.2) is 27.5 Å². The number of fused-ring (bicyclic) bond motifs is 1. The van der Waals surface area contributed by atoms with Gasteiger partial charge < -0.3 is 10.6 Å². The third kappa shape index (κ3) is 4.55. The minimum atomic E-state index is -0.570. The van der Waals surface area contributed by atoms with Crippen LogP contribution in [0, 0.1) is 6.92 Å². The second-order valence-electron chi connectivity index (χ2n) is 6.47. The van der Waals surface area contributed by atoms with Gasteiger partial charge in [0.05, 0.1) is 10.2 Å². The molecule has 0 saturated heterocycles. The molecule has 3 heterocycles. The average Bonchev–Trinajstić information content (AvgIpc) is 3.39. The molecular weight excluding hydrogens is 423 g/mol. The van der Waals surface area contributed by atoms with Crippen LogP contribution < -0.4 is 16.0 Å². The van der Waals surface area contributed by atoms with Crippen LogP contribution in [0.2, 0.25) is 0 Å². The fraction of sp³-hybridized carbons (Fsp3) is 0.200. The van der Waals surface area contributed by atoms with Gasteiger partial charge in [0.25, 0.3) is 0 Å². The van der Waals surface area contributed by atoms with Gasteiger partial charge in [-0.15, -0.1) is 22.7 Å². The average molecular weight is 443 g/mol. The molecule has 3 N–H and O–H groups in total. The number of urea groups is 1. The zero-order valence-corrected chi connectivity index (χ0v) is 17.7. The minimum Gasteiger partial charge on any atom is -0.368 e. The molecule has 4 rings (SSSR count). The molecule has 0 aliphatic carbocycles. The van der Waals surface area contributed by atoms with Gasteiger partial charge in [-0.05, 0) is 35.6 Å². The first kappa shape index (κ1) is 20.2. The number of halogens is 1. The van der Waals surface area contributed by atoms with Crippen molar-refractivity contribution in [3.63, 3.8) is 0 Å². The zero-order valence-electron chi connectivity index (χ0n) is 16.1. The second kappa shape index (κ2) is 9.14. The summed E-state index contributed by atoms with van der Waals surface area (Å²) in [6, 6.07) is 6.71. The van der Waals surface area contributed by atoms with Crippen molar-refractivity contribution < 1.29 is 9.18 Å². The molecule has 0 bridgehead atoms. The Bertz CT molecular complexity index is 1180. The molecule has 0 spiro atoms. The topological polar surface area (TPSA) is 91.8 Å². The number of carbonyl (C=O) groups excluding carboxylic acids is 1. The summed E-state index contributed by atoms with van der Waals surface area (Å²) < 4.78 is 14.0. The molecule has 0 unspecified atom stereocenters. The van der Waals surface area contributed by atoms with Gasteiger partial charge in [-0.2, -0.15) is 0 Å². The number of hydrogen-bond donors (Lipinski definition) is 3. The lowest BCUT2D eigenvalue weighted by Gasteiger charge is -2.10. The number of amides is 2. The monoisotopic (exact) mass is 442 g/mol. The summed E-state index contributed by atoms with van der Waals surface area (Å²) >= 11 is 3.01. The molecule has 4 aromatic rings. The molecule has 0 fully saturated rings. The quantitative estimate of drug-likeness (QED) is 0.365. The Labute approximate surface area is 180 Å². The number of nitrogens with zero attached hydrogens (tertiary/aromatic N) is 3. The lowest BCUT2D eigenvalue weighted by molar-refractivity contribution is 0.262. The van der Waals surface area contributed by atoms with Crippen LogP contribution in [-0.2, 0) is 13.1 Å². The van der Waals surface area contributed by atoms with E-state index >= 15 is 0 Å². The molecule has 7 nitrogen and oxygen atoms in total. The van der Waals surface area contributed by atoms with Crippen LogP contribution in [0.1, 0.15) is 16.0 Å². The van der Waals surface area contributed by atoms with E-state index in [9.17, 15) is 9.18 Å². The van der Waals surface area contributed by atoms with E-state index in [0.29, 0.717) is 28.5 Å². The van der Waals surface area contributed by atoms with E-state index in [1.54, 1.807) is 49.0 Å². The Morgan fingerprint density at radius 2 is 2.07 bits per heavy atom. The molecule has 2 amide bonds. The van der Waals surface area contributed by atoms with Gasteiger partial charge in [0.15, 0.2) is 5.13 Å². The number of alkyl halides is 1. The maximum Gasteiger partial charge on any atom is 0.325 e. The number of nitrogens with one attached hydrogen (secondary N) is 3. The number of hydrogen-bond acceptors (Lipinski definition) is 7. The largest absolute Gasteiger partial charge is 0.368 e. The predicted molar refractivity (Wildman–Crippen MR) is 120 cm³/mol. The second-order valence-corrected chi connectivity index (χ2v) is 8.50. The van der Waals surface area contributed by atoms with Crippen molar-refractivity contribution in [1.29, 1.82) is 0 Å². The van der Waals surface area contributed by atoms with Gasteiger partial charge in [0.1, 0.15) is 18.8 Å². The summed E-state index contributed by atoms with van der Waals surface area (Å²) in [6.07, 6.45) is 4.04. The fourth-order valence-corrected chi connectivity index (χ4v) is 4.53. The highest BCUT2D eigenvalue weighted by Gasteiger charge is 2.10. The van der Waals surface area contributed by atoms with Crippen LogP contribution >= 0.6 is 22.7 Å². The first-order valence-corrected chi connectivity index (χ1v) is 10.9. The van der Waals surface area contributed by atoms with E-state index in [1.165, 1.54) is 11.3 Å². The third-order valence-electron chi connectivity index (χ3n) is 4.52. The van der Waals surface area contributed by atoms with Crippen molar-refractivity contribution in [2.45, 2.75) is 20.0 Å². The Kier molecular flexibility index (Phi) is 6.15. The maximum absolute atomic E-state index is 13.0. The molecule has 10 heteroatoms. The molecule has 154 valence electrons. The number of anilines is 3. The predicted octanol–water partition coefficient (Wildman–Crippen LogP) is 5.22. The maximum atomic E-state index is 13.0. The van der Waals surface area contributed by atoms with E-state index in [-0.39, 0.29) is 0 Å². The summed E-state index contributed by atoms with van der Waals surface area (Å²) in [6.45, 7) is 1.90. The molecule has 3 aromatic heterocycles. The number of benzene rings is 1. The van der Waals surface area contributed by atoms with E-state index in [0.717, 1.165) is 27.3 Å². The first-order valence-electron chi connectivity index (χ1n) is 9.23. The van der Waals surface area contributed by atoms with Crippen LogP contribution in [0.15, 0.2) is 42.2 Å². The van der Waals surface area contributed by atoms with Gasteiger partial charge in [0, 0.05) is 29.7 Å². The first-order chi connectivity index (χ1) is 14.6. The van der Waals surface area contributed by atoms with Crippen LogP contribution in [0.25, 0.3) is 10.2 Å². The highest BCUT2D eigenvalue weighted by Crippen LogP contribution is 2.25. The molecule has 0 aliphatic heterocycles. The summed E-state index contributed by atoms with van der Waals surface area (Å²) in [4.78, 5) is 26.1. The normalized spacial score (nSPS) is 10.9. The van der Waals surface area contributed by atoms with Crippen molar-refractivity contribution in [3.05, 3.63) is 58.2 Å². The third-order valence-corrected chi connectivity index (χ3v) is 6.40. The number of rotatable bonds is 7. The lowest BCUT2D eigenvalue weighted by Crippen LogP contribution is -2.20. The summed E-state index contributed by atoms with van der Waals surface area (Å²) in [5.41, 5.74) is 2.78. The van der Waals surface area contributed by atoms with Gasteiger partial charge in [-0.3, -0.25) is 5.32 Å². The van der Waals surface area contributed by atoms with Crippen molar-refractivity contribution in [2.24, 2.45) is 0 Å². The number of thiophene rings is 1. The van der Waals surface area contributed by atoms with Gasteiger partial charge >= 0.3 is 6.03 Å². The Balaban J connectivity index is 1.31. The highest BCUT2D eigenvalue weighted by molar-refractivity contribution is 7.17. The van der Waals surface area contributed by atoms with Crippen molar-refractivity contribution in [2.75, 3.05) is 22.5 Å². The van der Waals surface area contributed by atoms with E-state index < -0.39 is 12.7 Å². The summed E-state index contributed by atoms with van der Waals surface area (Å²) in [5.74, 6) is 0.822. The van der Waals surface area contributed by atoms with Crippen molar-refractivity contribution in [3.8, 4) is 0 Å². The number of thiazole rings is 1. The molecule has 0 saturated carbocycles. The van der Waals surface area contributed by atoms with Crippen LogP contribution in [0.5, 0.6) is 0 Å². The summed E-state index contributed by atoms with van der Waals surface area (Å²) in [7, 11) is 0. The van der Waals surface area contributed by atoms with Gasteiger partial charge in [0.2, 0.25) is 0 Å². The van der Waals surface area contributed by atoms with E-state index in [4.69, 9.17) is 0 Å². The minimum absolute atomic E-state index is 0.408. The molecule has 0 aliphatic rings. The summed E-state index contributed by atoms with van der Waals surface area (Å²) in [5, 5.41) is 11.3. The number of carbonyl (C=O) groups is 1. The van der Waals surface area contributed by atoms with Gasteiger partial charge in [-0.1, -0.05) is 12.1 Å². The molecule has 0 radical (unpaired) electrons. The van der Waals surface area contributed by atoms with Crippen molar-refractivity contribution >= 4 is 55.6 Å². The molecule has 0 atom stereocenters. The SMILES string of the molecule is Cc1c(CF)cccc1NC(=O)Nc1ncc(CCNc2ncnc3ccsc23)s1. The Hall–Kier alpha value is -3.11. The standard InChI is InChI=1S/C20H19FN6OS2/c1-12-13(9-21)3-2-4-15(12)26-19(28)27-20-23-10-14(30-20)5-7-22-18-17-16(6-8-29-17)24-11-25-18/h2-4,6,8,10-11H,5,7,9H2,1H3,(H,22,24,25)(H2,23,26,27,28). The zero-order chi connectivity index (χ0) is 20.9. The van der Waals surface area contributed by atoms with E-state index in [1.807, 2.05) is 11.4 Å². The molecule has 1 aromatic carbocycles. The molecular formula is C20H19FN6OS2. The van der Waals surface area contributed by atoms with Crippen LogP contribution in [0.4, 0.5) is 25.8 Å². The lowest BCUT2D eigenvalue weighted by atomic mass is 10.1. The highest BCUT2D eigenvalue weighted by atomic mass is 32.1. The van der Waals surface area contributed by atoms with Crippen molar-refractivity contribution in [1.82, 2.24) is 15.0 Å². The Morgan fingerprint density at radius 3 is 2.93 bits per heavy atom.